The van der Waals surface area contributed by atoms with E-state index in [9.17, 15) is 0 Å². The molecule has 0 fully saturated rings. The fraction of sp³-hybridized carbons (Fsp3) is 0.462. The quantitative estimate of drug-likeness (QED) is 0.800. The maximum Gasteiger partial charge on any atom is 0.122 e. The molecule has 16 heavy (non-hydrogen) atoms. The van der Waals surface area contributed by atoms with E-state index in [1.165, 1.54) is 24.0 Å². The zero-order chi connectivity index (χ0) is 11.5. The first-order valence-corrected chi connectivity index (χ1v) is 6.32. The largest absolute Gasteiger partial charge is 0.341 e. The number of H-pyrrole nitrogens is 1. The van der Waals surface area contributed by atoms with Crippen molar-refractivity contribution in [2.75, 3.05) is 0 Å². The Morgan fingerprint density at radius 2 is 2.19 bits per heavy atom. The van der Waals surface area contributed by atoms with Gasteiger partial charge >= 0.3 is 0 Å². The summed E-state index contributed by atoms with van der Waals surface area (Å²) >= 11 is 5.80. The maximum atomic E-state index is 5.80. The average molecular weight is 237 g/mol. The van der Waals surface area contributed by atoms with Gasteiger partial charge in [-0.05, 0) is 37.0 Å². The van der Waals surface area contributed by atoms with Crippen LogP contribution < -0.4 is 0 Å². The molecule has 0 atom stereocenters. The fourth-order valence-electron chi connectivity index (χ4n) is 2.02. The molecule has 1 aromatic carbocycles. The number of hydrogen-bond donors (Lipinski definition) is 1. The summed E-state index contributed by atoms with van der Waals surface area (Å²) in [5.74, 6) is 1.31. The Balaban J connectivity index is 2.50. The molecule has 0 saturated carbocycles. The number of fused-ring (bicyclic) bond motifs is 1. The normalized spacial score (nSPS) is 11.2. The van der Waals surface area contributed by atoms with Crippen LogP contribution in [0, 0.1) is 6.92 Å². The minimum Gasteiger partial charge on any atom is -0.341 e. The predicted octanol–water partition coefficient (Wildman–Crippen LogP) is 3.95. The second-order valence-electron chi connectivity index (χ2n) is 4.18. The van der Waals surface area contributed by atoms with Gasteiger partial charge in [-0.25, -0.2) is 4.98 Å². The standard InChI is InChI=1S/C13H17ClN2/c1-3-4-5-10-9(2)6-7-11-13(10)16-12(8-14)15-11/h6-7H,3-5,8H2,1-2H3,(H,15,16). The molecule has 0 unspecified atom stereocenters. The zero-order valence-electron chi connectivity index (χ0n) is 9.81. The average Bonchev–Trinajstić information content (AvgIpc) is 2.71. The predicted molar refractivity (Wildman–Crippen MR) is 69.0 cm³/mol. The first-order valence-electron chi connectivity index (χ1n) is 5.79. The maximum absolute atomic E-state index is 5.80. The molecule has 2 nitrogen and oxygen atoms in total. The second-order valence-corrected chi connectivity index (χ2v) is 4.45. The topological polar surface area (TPSA) is 28.7 Å². The molecule has 0 aliphatic heterocycles. The lowest BCUT2D eigenvalue weighted by atomic mass is 10.0. The molecule has 0 aliphatic carbocycles. The number of benzene rings is 1. The lowest BCUT2D eigenvalue weighted by Crippen LogP contribution is -1.91. The number of aromatic nitrogens is 2. The summed E-state index contributed by atoms with van der Waals surface area (Å²) in [5.41, 5.74) is 4.90. The van der Waals surface area contributed by atoms with Crippen molar-refractivity contribution in [3.8, 4) is 0 Å². The van der Waals surface area contributed by atoms with Gasteiger partial charge in [0.1, 0.15) is 5.82 Å². The van der Waals surface area contributed by atoms with Gasteiger partial charge in [-0.3, -0.25) is 0 Å². The van der Waals surface area contributed by atoms with Gasteiger partial charge in [0.15, 0.2) is 0 Å². The third-order valence-electron chi connectivity index (χ3n) is 2.95. The summed E-state index contributed by atoms with van der Waals surface area (Å²) in [7, 11) is 0. The van der Waals surface area contributed by atoms with Crippen LogP contribution in [0.15, 0.2) is 12.1 Å². The van der Waals surface area contributed by atoms with E-state index >= 15 is 0 Å². The Bertz CT molecular complexity index is 488. The highest BCUT2D eigenvalue weighted by molar-refractivity contribution is 6.16. The van der Waals surface area contributed by atoms with Crippen molar-refractivity contribution < 1.29 is 0 Å². The first kappa shape index (κ1) is 11.5. The number of rotatable bonds is 4. The number of imidazole rings is 1. The Morgan fingerprint density at radius 1 is 1.38 bits per heavy atom. The van der Waals surface area contributed by atoms with Crippen molar-refractivity contribution in [3.05, 3.63) is 29.1 Å². The summed E-state index contributed by atoms with van der Waals surface area (Å²) in [6.07, 6.45) is 3.53. The van der Waals surface area contributed by atoms with Gasteiger partial charge in [-0.2, -0.15) is 0 Å². The third kappa shape index (κ3) is 2.07. The van der Waals surface area contributed by atoms with Gasteiger partial charge in [0.25, 0.3) is 0 Å². The van der Waals surface area contributed by atoms with Gasteiger partial charge in [0, 0.05) is 0 Å². The second kappa shape index (κ2) is 4.88. The molecule has 0 saturated heterocycles. The van der Waals surface area contributed by atoms with E-state index in [0.29, 0.717) is 5.88 Å². The minimum atomic E-state index is 0.445. The molecule has 0 spiro atoms. The molecule has 1 aromatic heterocycles. The van der Waals surface area contributed by atoms with Crippen LogP contribution in [0.3, 0.4) is 0 Å². The molecular formula is C13H17ClN2. The fourth-order valence-corrected chi connectivity index (χ4v) is 2.14. The molecular weight excluding hydrogens is 220 g/mol. The van der Waals surface area contributed by atoms with E-state index in [-0.39, 0.29) is 0 Å². The van der Waals surface area contributed by atoms with Crippen molar-refractivity contribution in [1.82, 2.24) is 9.97 Å². The number of hydrogen-bond acceptors (Lipinski definition) is 1. The summed E-state index contributed by atoms with van der Waals surface area (Å²) in [5, 5.41) is 0. The van der Waals surface area contributed by atoms with E-state index in [1.54, 1.807) is 0 Å². The van der Waals surface area contributed by atoms with Crippen molar-refractivity contribution in [2.45, 2.75) is 39.0 Å². The number of nitrogens with one attached hydrogen (secondary N) is 1. The Morgan fingerprint density at radius 3 is 2.88 bits per heavy atom. The van der Waals surface area contributed by atoms with Gasteiger partial charge in [0.2, 0.25) is 0 Å². The summed E-state index contributed by atoms with van der Waals surface area (Å²) in [6, 6.07) is 4.24. The molecule has 1 N–H and O–H groups in total. The van der Waals surface area contributed by atoms with E-state index in [2.05, 4.69) is 35.9 Å². The van der Waals surface area contributed by atoms with Crippen LogP contribution in [0.4, 0.5) is 0 Å². The van der Waals surface area contributed by atoms with Crippen LogP contribution in [0.2, 0.25) is 0 Å². The number of halogens is 1. The van der Waals surface area contributed by atoms with E-state index in [4.69, 9.17) is 11.6 Å². The van der Waals surface area contributed by atoms with E-state index in [1.807, 2.05) is 0 Å². The molecule has 1 heterocycles. The van der Waals surface area contributed by atoms with Gasteiger partial charge in [0.05, 0.1) is 16.9 Å². The molecule has 2 rings (SSSR count). The molecule has 0 aliphatic rings. The molecule has 0 radical (unpaired) electrons. The van der Waals surface area contributed by atoms with E-state index in [0.717, 1.165) is 23.3 Å². The third-order valence-corrected chi connectivity index (χ3v) is 3.20. The Labute approximate surface area is 101 Å². The molecule has 2 aromatic rings. The van der Waals surface area contributed by atoms with Crippen LogP contribution in [0.1, 0.15) is 36.7 Å². The molecule has 86 valence electrons. The van der Waals surface area contributed by atoms with Gasteiger partial charge in [-0.15, -0.1) is 11.6 Å². The Hall–Kier alpha value is -1.02. The van der Waals surface area contributed by atoms with Crippen LogP contribution in [-0.4, -0.2) is 9.97 Å². The highest BCUT2D eigenvalue weighted by Gasteiger charge is 2.09. The number of alkyl halides is 1. The zero-order valence-corrected chi connectivity index (χ0v) is 10.6. The van der Waals surface area contributed by atoms with Gasteiger partial charge in [-0.1, -0.05) is 19.4 Å². The number of unbranched alkanes of at least 4 members (excludes halogenated alkanes) is 1. The van der Waals surface area contributed by atoms with Crippen LogP contribution in [-0.2, 0) is 12.3 Å². The van der Waals surface area contributed by atoms with Crippen LogP contribution in [0.25, 0.3) is 11.0 Å². The first-order chi connectivity index (χ1) is 7.76. The number of aromatic amines is 1. The van der Waals surface area contributed by atoms with Crippen molar-refractivity contribution in [1.29, 1.82) is 0 Å². The Kier molecular flexibility index (Phi) is 3.49. The van der Waals surface area contributed by atoms with Crippen molar-refractivity contribution in [3.63, 3.8) is 0 Å². The van der Waals surface area contributed by atoms with Crippen LogP contribution in [0.5, 0.6) is 0 Å². The minimum absolute atomic E-state index is 0.445. The number of nitrogens with zero attached hydrogens (tertiary/aromatic N) is 1. The SMILES string of the molecule is CCCCc1c(C)ccc2[nH]c(CCl)nc12. The summed E-state index contributed by atoms with van der Waals surface area (Å²) in [4.78, 5) is 7.80. The van der Waals surface area contributed by atoms with Crippen molar-refractivity contribution >= 4 is 22.6 Å². The number of aryl methyl sites for hydroxylation is 2. The summed E-state index contributed by atoms with van der Waals surface area (Å²) in [6.45, 7) is 4.36. The monoisotopic (exact) mass is 236 g/mol. The molecule has 0 bridgehead atoms. The van der Waals surface area contributed by atoms with E-state index < -0.39 is 0 Å². The lowest BCUT2D eigenvalue weighted by molar-refractivity contribution is 0.794. The van der Waals surface area contributed by atoms with Gasteiger partial charge < -0.3 is 4.98 Å². The van der Waals surface area contributed by atoms with Crippen LogP contribution >= 0.6 is 11.6 Å². The smallest absolute Gasteiger partial charge is 0.122 e. The highest BCUT2D eigenvalue weighted by Crippen LogP contribution is 2.22. The molecule has 3 heteroatoms. The molecule has 0 amide bonds. The van der Waals surface area contributed by atoms with Crippen molar-refractivity contribution in [2.24, 2.45) is 0 Å². The lowest BCUT2D eigenvalue weighted by Gasteiger charge is -2.05. The summed E-state index contributed by atoms with van der Waals surface area (Å²) < 4.78 is 0. The highest BCUT2D eigenvalue weighted by atomic mass is 35.5.